The maximum absolute atomic E-state index is 5.59. The van der Waals surface area contributed by atoms with Gasteiger partial charge in [0.05, 0.1) is 26.4 Å². The van der Waals surface area contributed by atoms with Crippen LogP contribution in [0.4, 0.5) is 5.69 Å². The topological polar surface area (TPSA) is 50.0 Å². The SMILES string of the molecule is CC[N+](OC)(OC)c1ccc(C=Cc2cc[n+](CCOCCOCCOC)cc2)cc1. The van der Waals surface area contributed by atoms with Crippen LogP contribution in [0.5, 0.6) is 0 Å². The number of pyridine rings is 1. The fourth-order valence-corrected chi connectivity index (χ4v) is 3.09. The molecular formula is C24H36N2O5+2. The zero-order valence-electron chi connectivity index (χ0n) is 19.2. The van der Waals surface area contributed by atoms with Crippen molar-refractivity contribution >= 4 is 17.8 Å². The van der Waals surface area contributed by atoms with Gasteiger partial charge in [0.1, 0.15) is 27.4 Å². The van der Waals surface area contributed by atoms with Gasteiger partial charge in [-0.2, -0.15) is 9.68 Å². The number of hydrogen-bond acceptors (Lipinski definition) is 5. The summed E-state index contributed by atoms with van der Waals surface area (Å²) in [5, 5.41) is 0. The van der Waals surface area contributed by atoms with Gasteiger partial charge in [-0.1, -0.05) is 12.2 Å². The summed E-state index contributed by atoms with van der Waals surface area (Å²) in [6.45, 7) is 6.56. The fraction of sp³-hybridized carbons (Fsp3) is 0.458. The molecule has 0 unspecified atom stereocenters. The van der Waals surface area contributed by atoms with E-state index < -0.39 is 0 Å². The number of quaternary nitrogens is 1. The second kappa shape index (κ2) is 14.0. The van der Waals surface area contributed by atoms with Crippen LogP contribution in [0, 0.1) is 0 Å². The summed E-state index contributed by atoms with van der Waals surface area (Å²) in [7, 11) is 4.96. The lowest BCUT2D eigenvalue weighted by Gasteiger charge is -2.27. The van der Waals surface area contributed by atoms with E-state index in [4.69, 9.17) is 23.9 Å². The summed E-state index contributed by atoms with van der Waals surface area (Å²) < 4.78 is 18.0. The van der Waals surface area contributed by atoms with E-state index in [1.807, 2.05) is 19.1 Å². The van der Waals surface area contributed by atoms with Gasteiger partial charge < -0.3 is 14.2 Å². The lowest BCUT2D eigenvalue weighted by atomic mass is 10.1. The first-order valence-corrected chi connectivity index (χ1v) is 10.6. The molecule has 0 saturated heterocycles. The molecule has 0 atom stereocenters. The third-order valence-electron chi connectivity index (χ3n) is 4.98. The van der Waals surface area contributed by atoms with E-state index >= 15 is 0 Å². The quantitative estimate of drug-likeness (QED) is 0.187. The molecule has 0 N–H and O–H groups in total. The highest BCUT2D eigenvalue weighted by Crippen LogP contribution is 2.24. The third kappa shape index (κ3) is 8.14. The predicted octanol–water partition coefficient (Wildman–Crippen LogP) is 3.27. The average molecular weight is 433 g/mol. The Morgan fingerprint density at radius 1 is 0.742 bits per heavy atom. The van der Waals surface area contributed by atoms with Gasteiger partial charge in [0, 0.05) is 31.4 Å². The highest BCUT2D eigenvalue weighted by molar-refractivity contribution is 5.69. The zero-order valence-corrected chi connectivity index (χ0v) is 19.2. The first kappa shape index (κ1) is 25.1. The van der Waals surface area contributed by atoms with E-state index in [0.717, 1.165) is 23.4 Å². The first-order chi connectivity index (χ1) is 15.2. The number of hydrogen-bond donors (Lipinski definition) is 0. The lowest BCUT2D eigenvalue weighted by molar-refractivity contribution is -0.698. The van der Waals surface area contributed by atoms with Crippen molar-refractivity contribution in [1.29, 1.82) is 0 Å². The molecular weight excluding hydrogens is 396 g/mol. The van der Waals surface area contributed by atoms with Crippen LogP contribution in [0.3, 0.4) is 0 Å². The summed E-state index contributed by atoms with van der Waals surface area (Å²) in [4.78, 5) is 11.1. The van der Waals surface area contributed by atoms with Crippen LogP contribution in [0.2, 0.25) is 0 Å². The van der Waals surface area contributed by atoms with Gasteiger partial charge in [-0.15, -0.1) is 0 Å². The summed E-state index contributed by atoms with van der Waals surface area (Å²) >= 11 is 0. The maximum atomic E-state index is 5.59. The van der Waals surface area contributed by atoms with Crippen LogP contribution in [0.25, 0.3) is 12.2 Å². The minimum Gasteiger partial charge on any atom is -0.382 e. The Bertz CT molecular complexity index is 750. The Kier molecular flexibility index (Phi) is 11.4. The van der Waals surface area contributed by atoms with E-state index in [0.29, 0.717) is 39.6 Å². The predicted molar refractivity (Wildman–Crippen MR) is 122 cm³/mol. The van der Waals surface area contributed by atoms with Crippen molar-refractivity contribution < 1.29 is 28.5 Å². The molecule has 7 heteroatoms. The van der Waals surface area contributed by atoms with E-state index in [1.165, 1.54) is 0 Å². The molecule has 1 aromatic heterocycles. The molecule has 0 saturated carbocycles. The van der Waals surface area contributed by atoms with Gasteiger partial charge in [0.2, 0.25) is 0 Å². The fourth-order valence-electron chi connectivity index (χ4n) is 3.09. The number of nitrogens with zero attached hydrogens (tertiary/aromatic N) is 2. The number of hydroxylamine groups is 2. The second-order valence-corrected chi connectivity index (χ2v) is 6.87. The lowest BCUT2D eigenvalue weighted by Crippen LogP contribution is -2.46. The molecule has 0 bridgehead atoms. The largest absolute Gasteiger partial charge is 0.382 e. The summed E-state index contributed by atoms with van der Waals surface area (Å²) in [5.41, 5.74) is 3.21. The normalized spacial score (nSPS) is 12.0. The van der Waals surface area contributed by atoms with Gasteiger partial charge in [0.15, 0.2) is 24.6 Å². The van der Waals surface area contributed by atoms with Crippen LogP contribution in [-0.4, -0.2) is 60.9 Å². The Morgan fingerprint density at radius 2 is 1.29 bits per heavy atom. The summed E-state index contributed by atoms with van der Waals surface area (Å²) in [5.74, 6) is 0. The number of benzene rings is 1. The average Bonchev–Trinajstić information content (AvgIpc) is 2.82. The molecule has 2 rings (SSSR count). The number of aromatic nitrogens is 1. The molecule has 0 fully saturated rings. The van der Waals surface area contributed by atoms with Crippen LogP contribution in [0.15, 0.2) is 48.8 Å². The van der Waals surface area contributed by atoms with E-state index in [1.54, 1.807) is 21.3 Å². The molecule has 170 valence electrons. The Balaban J connectivity index is 1.79. The van der Waals surface area contributed by atoms with Crippen LogP contribution in [-0.2, 0) is 30.4 Å². The molecule has 0 aliphatic carbocycles. The third-order valence-corrected chi connectivity index (χ3v) is 4.98. The molecule has 7 nitrogen and oxygen atoms in total. The number of methoxy groups -OCH3 is 1. The van der Waals surface area contributed by atoms with Crippen molar-refractivity contribution in [2.24, 2.45) is 0 Å². The Hall–Kier alpha value is -2.13. The van der Waals surface area contributed by atoms with Crippen molar-refractivity contribution in [2.45, 2.75) is 13.5 Å². The van der Waals surface area contributed by atoms with E-state index in [2.05, 4.69) is 53.4 Å². The zero-order chi connectivity index (χ0) is 22.4. The van der Waals surface area contributed by atoms with E-state index in [9.17, 15) is 0 Å². The molecule has 2 aromatic rings. The van der Waals surface area contributed by atoms with Gasteiger partial charge in [-0.25, -0.2) is 4.57 Å². The Morgan fingerprint density at radius 3 is 1.84 bits per heavy atom. The molecule has 0 spiro atoms. The standard InChI is InChI=1S/C24H36N2O5/c1-5-26(28-3,29-4)24-10-8-22(9-11-24)6-7-23-12-14-25(15-13-23)16-17-30-20-21-31-19-18-27-2/h6-15H,5,16-21H2,1-4H3/q+2. The monoisotopic (exact) mass is 432 g/mol. The number of rotatable bonds is 15. The number of ether oxygens (including phenoxy) is 3. The first-order valence-electron chi connectivity index (χ1n) is 10.6. The minimum atomic E-state index is 0.0350. The van der Waals surface area contributed by atoms with Crippen LogP contribution >= 0.6 is 0 Å². The molecule has 1 heterocycles. The summed E-state index contributed by atoms with van der Waals surface area (Å²) in [6, 6.07) is 12.4. The van der Waals surface area contributed by atoms with Crippen molar-refractivity contribution in [3.63, 3.8) is 0 Å². The van der Waals surface area contributed by atoms with Crippen molar-refractivity contribution in [3.8, 4) is 0 Å². The van der Waals surface area contributed by atoms with Gasteiger partial charge in [0.25, 0.3) is 0 Å². The second-order valence-electron chi connectivity index (χ2n) is 6.87. The van der Waals surface area contributed by atoms with Gasteiger partial charge >= 0.3 is 0 Å². The highest BCUT2D eigenvalue weighted by atomic mass is 17.0. The van der Waals surface area contributed by atoms with Crippen molar-refractivity contribution in [2.75, 3.05) is 60.9 Å². The highest BCUT2D eigenvalue weighted by Gasteiger charge is 2.30. The molecule has 0 radical (unpaired) electrons. The van der Waals surface area contributed by atoms with Gasteiger partial charge in [-0.05, 0) is 35.0 Å². The molecule has 0 aliphatic heterocycles. The molecule has 1 aromatic carbocycles. The smallest absolute Gasteiger partial charge is 0.199 e. The van der Waals surface area contributed by atoms with Crippen molar-refractivity contribution in [3.05, 3.63) is 59.9 Å². The minimum absolute atomic E-state index is 0.0350. The molecule has 31 heavy (non-hydrogen) atoms. The Labute approximate surface area is 185 Å². The van der Waals surface area contributed by atoms with E-state index in [-0.39, 0.29) is 4.81 Å². The maximum Gasteiger partial charge on any atom is 0.199 e. The molecule has 0 aliphatic rings. The summed E-state index contributed by atoms with van der Waals surface area (Å²) in [6.07, 6.45) is 8.31. The van der Waals surface area contributed by atoms with Crippen LogP contribution < -0.4 is 9.38 Å². The van der Waals surface area contributed by atoms with Gasteiger partial charge in [-0.3, -0.25) is 0 Å². The molecule has 0 amide bonds. The van der Waals surface area contributed by atoms with Crippen LogP contribution in [0.1, 0.15) is 18.1 Å². The van der Waals surface area contributed by atoms with Crippen molar-refractivity contribution in [1.82, 2.24) is 4.81 Å².